The molecule has 1 aliphatic rings. The molecule has 0 unspecified atom stereocenters. The van der Waals surface area contributed by atoms with E-state index in [-0.39, 0.29) is 11.8 Å². The van der Waals surface area contributed by atoms with Crippen LogP contribution in [0.25, 0.3) is 22.4 Å². The summed E-state index contributed by atoms with van der Waals surface area (Å²) in [4.78, 5) is 33.6. The van der Waals surface area contributed by atoms with Crippen molar-refractivity contribution in [2.75, 3.05) is 10.6 Å². The zero-order chi connectivity index (χ0) is 25.4. The van der Waals surface area contributed by atoms with Crippen LogP contribution in [-0.2, 0) is 10.2 Å². The fourth-order valence-electron chi connectivity index (χ4n) is 4.56. The molecule has 0 radical (unpaired) electrons. The normalized spacial score (nSPS) is 13.8. The van der Waals surface area contributed by atoms with Crippen LogP contribution in [0.1, 0.15) is 28.8 Å². The van der Waals surface area contributed by atoms with Gasteiger partial charge in [0.05, 0.1) is 27.0 Å². The van der Waals surface area contributed by atoms with Gasteiger partial charge in [-0.05, 0) is 73.0 Å². The Kier molecular flexibility index (Phi) is 5.74. The van der Waals surface area contributed by atoms with Crippen molar-refractivity contribution in [3.8, 4) is 11.4 Å². The standard InChI is InChI=1S/C30H23ClN4O2/c31-24-9-5-4-8-23(24)28(36)32-21-12-10-19(11-13-21)27-34-25-15-14-22(18-26(25)35-27)33-29(37)30(16-17-30)20-6-2-1-3-7-20/h1-15,18H,16-17H2,(H,32,36)(H,33,37)(H,34,35). The van der Waals surface area contributed by atoms with E-state index >= 15 is 0 Å². The zero-order valence-electron chi connectivity index (χ0n) is 19.8. The minimum atomic E-state index is -0.432. The van der Waals surface area contributed by atoms with Crippen LogP contribution in [0, 0.1) is 0 Å². The number of imidazole rings is 1. The first-order valence-electron chi connectivity index (χ1n) is 12.0. The number of carbonyl (C=O) groups is 2. The van der Waals surface area contributed by atoms with Gasteiger partial charge in [0.1, 0.15) is 5.82 Å². The summed E-state index contributed by atoms with van der Waals surface area (Å²) < 4.78 is 0. The summed E-state index contributed by atoms with van der Waals surface area (Å²) in [6.07, 6.45) is 1.71. The lowest BCUT2D eigenvalue weighted by atomic mass is 9.95. The highest BCUT2D eigenvalue weighted by atomic mass is 35.5. The number of halogens is 1. The molecule has 182 valence electrons. The molecule has 1 aliphatic carbocycles. The van der Waals surface area contributed by atoms with E-state index in [1.165, 1.54) is 0 Å². The van der Waals surface area contributed by atoms with Gasteiger partial charge < -0.3 is 15.6 Å². The molecule has 2 amide bonds. The van der Waals surface area contributed by atoms with E-state index in [0.717, 1.165) is 40.7 Å². The average Bonchev–Trinajstić information content (AvgIpc) is 3.63. The first kappa shape index (κ1) is 23.0. The van der Waals surface area contributed by atoms with Gasteiger partial charge in [-0.1, -0.05) is 54.1 Å². The van der Waals surface area contributed by atoms with Crippen molar-refractivity contribution < 1.29 is 9.59 Å². The molecular weight excluding hydrogens is 484 g/mol. The number of carbonyl (C=O) groups excluding carboxylic acids is 2. The lowest BCUT2D eigenvalue weighted by Gasteiger charge is -2.15. The lowest BCUT2D eigenvalue weighted by molar-refractivity contribution is -0.118. The topological polar surface area (TPSA) is 86.9 Å². The van der Waals surface area contributed by atoms with Gasteiger partial charge in [0.25, 0.3) is 5.91 Å². The van der Waals surface area contributed by atoms with Gasteiger partial charge in [0.2, 0.25) is 5.91 Å². The SMILES string of the molecule is O=C(Nc1ccc(-c2nc3ccc(NC(=O)C4(c5ccccc5)CC4)cc3[nH]2)cc1)c1ccccc1Cl. The fourth-order valence-corrected chi connectivity index (χ4v) is 4.78. The highest BCUT2D eigenvalue weighted by Crippen LogP contribution is 2.49. The molecule has 1 aromatic heterocycles. The number of amides is 2. The van der Waals surface area contributed by atoms with Crippen LogP contribution >= 0.6 is 11.6 Å². The Balaban J connectivity index is 1.17. The molecule has 3 N–H and O–H groups in total. The Labute approximate surface area is 218 Å². The maximum atomic E-state index is 13.1. The smallest absolute Gasteiger partial charge is 0.257 e. The van der Waals surface area contributed by atoms with Crippen LogP contribution in [0.5, 0.6) is 0 Å². The Hall–Kier alpha value is -4.42. The molecule has 0 aliphatic heterocycles. The second kappa shape index (κ2) is 9.22. The van der Waals surface area contributed by atoms with Crippen molar-refractivity contribution in [3.63, 3.8) is 0 Å². The molecular formula is C30H23ClN4O2. The van der Waals surface area contributed by atoms with Crippen molar-refractivity contribution in [2.24, 2.45) is 0 Å². The van der Waals surface area contributed by atoms with Gasteiger partial charge >= 0.3 is 0 Å². The number of nitrogens with zero attached hydrogens (tertiary/aromatic N) is 1. The van der Waals surface area contributed by atoms with Crippen LogP contribution in [-0.4, -0.2) is 21.8 Å². The zero-order valence-corrected chi connectivity index (χ0v) is 20.5. The third-order valence-corrected chi connectivity index (χ3v) is 7.12. The van der Waals surface area contributed by atoms with Crippen molar-refractivity contribution in [3.05, 3.63) is 113 Å². The molecule has 4 aromatic carbocycles. The molecule has 0 spiro atoms. The second-order valence-electron chi connectivity index (χ2n) is 9.23. The second-order valence-corrected chi connectivity index (χ2v) is 9.64. The van der Waals surface area contributed by atoms with Gasteiger partial charge in [-0.2, -0.15) is 0 Å². The summed E-state index contributed by atoms with van der Waals surface area (Å²) in [5.41, 5.74) is 4.93. The minimum absolute atomic E-state index is 0.0206. The van der Waals surface area contributed by atoms with Crippen LogP contribution in [0.2, 0.25) is 5.02 Å². The molecule has 6 nitrogen and oxygen atoms in total. The summed E-state index contributed by atoms with van der Waals surface area (Å²) in [5.74, 6) is 0.453. The number of rotatable bonds is 6. The number of anilines is 2. The molecule has 0 bridgehead atoms. The predicted molar refractivity (Wildman–Crippen MR) is 147 cm³/mol. The third-order valence-electron chi connectivity index (χ3n) is 6.79. The Bertz CT molecular complexity index is 1620. The lowest BCUT2D eigenvalue weighted by Crippen LogP contribution is -2.27. The maximum Gasteiger partial charge on any atom is 0.257 e. The van der Waals surface area contributed by atoms with Gasteiger partial charge in [0.15, 0.2) is 0 Å². The molecule has 7 heteroatoms. The largest absolute Gasteiger partial charge is 0.338 e. The molecule has 1 fully saturated rings. The van der Waals surface area contributed by atoms with E-state index in [4.69, 9.17) is 11.6 Å². The molecule has 37 heavy (non-hydrogen) atoms. The third kappa shape index (κ3) is 4.47. The Morgan fingerprint density at radius 1 is 0.811 bits per heavy atom. The molecule has 1 saturated carbocycles. The van der Waals surface area contributed by atoms with Crippen LogP contribution < -0.4 is 10.6 Å². The van der Waals surface area contributed by atoms with Gasteiger partial charge in [-0.3, -0.25) is 9.59 Å². The highest BCUT2D eigenvalue weighted by molar-refractivity contribution is 6.34. The number of benzene rings is 4. The molecule has 0 saturated heterocycles. The summed E-state index contributed by atoms with van der Waals surface area (Å²) in [5, 5.41) is 6.36. The van der Waals surface area contributed by atoms with E-state index in [0.29, 0.717) is 22.1 Å². The fraction of sp³-hybridized carbons (Fsp3) is 0.100. The van der Waals surface area contributed by atoms with Gasteiger partial charge in [0, 0.05) is 16.9 Å². The molecule has 6 rings (SSSR count). The molecule has 1 heterocycles. The van der Waals surface area contributed by atoms with Crippen LogP contribution in [0.4, 0.5) is 11.4 Å². The summed E-state index contributed by atoms with van der Waals surface area (Å²) in [6, 6.07) is 30.0. The quantitative estimate of drug-likeness (QED) is 0.236. The van der Waals surface area contributed by atoms with Crippen molar-refractivity contribution in [1.82, 2.24) is 9.97 Å². The number of hydrogen-bond donors (Lipinski definition) is 3. The van der Waals surface area contributed by atoms with Crippen LogP contribution in [0.15, 0.2) is 97.1 Å². The number of nitrogens with one attached hydrogen (secondary N) is 3. The predicted octanol–water partition coefficient (Wildman–Crippen LogP) is 6.81. The van der Waals surface area contributed by atoms with E-state index in [1.807, 2.05) is 72.8 Å². The maximum absolute atomic E-state index is 13.1. The number of hydrogen-bond acceptors (Lipinski definition) is 3. The number of aromatic amines is 1. The van der Waals surface area contributed by atoms with Gasteiger partial charge in [-0.25, -0.2) is 4.98 Å². The summed E-state index contributed by atoms with van der Waals surface area (Å²) >= 11 is 6.13. The van der Waals surface area contributed by atoms with Crippen molar-refractivity contribution in [1.29, 1.82) is 0 Å². The first-order chi connectivity index (χ1) is 18.0. The molecule has 0 atom stereocenters. The number of fused-ring (bicyclic) bond motifs is 1. The Morgan fingerprint density at radius 2 is 1.51 bits per heavy atom. The Morgan fingerprint density at radius 3 is 2.24 bits per heavy atom. The van der Waals surface area contributed by atoms with Crippen molar-refractivity contribution >= 4 is 45.8 Å². The number of H-pyrrole nitrogens is 1. The van der Waals surface area contributed by atoms with Crippen LogP contribution in [0.3, 0.4) is 0 Å². The minimum Gasteiger partial charge on any atom is -0.338 e. The van der Waals surface area contributed by atoms with Crippen molar-refractivity contribution in [2.45, 2.75) is 18.3 Å². The van der Waals surface area contributed by atoms with E-state index < -0.39 is 5.41 Å². The van der Waals surface area contributed by atoms with Gasteiger partial charge in [-0.15, -0.1) is 0 Å². The van der Waals surface area contributed by atoms with E-state index in [2.05, 4.69) is 20.6 Å². The van der Waals surface area contributed by atoms with E-state index in [9.17, 15) is 9.59 Å². The summed E-state index contributed by atoms with van der Waals surface area (Å²) in [6.45, 7) is 0. The monoisotopic (exact) mass is 506 g/mol. The highest BCUT2D eigenvalue weighted by Gasteiger charge is 2.51. The number of aromatic nitrogens is 2. The first-order valence-corrected chi connectivity index (χ1v) is 12.4. The molecule has 5 aromatic rings. The average molecular weight is 507 g/mol. The van der Waals surface area contributed by atoms with E-state index in [1.54, 1.807) is 24.3 Å². The summed E-state index contributed by atoms with van der Waals surface area (Å²) in [7, 11) is 0.